The number of rotatable bonds is 4. The number of imidazole rings is 1. The minimum absolute atomic E-state index is 0.0402. The Labute approximate surface area is 140 Å². The third-order valence-electron chi connectivity index (χ3n) is 4.61. The van der Waals surface area contributed by atoms with Gasteiger partial charge in [0.25, 0.3) is 10.0 Å². The van der Waals surface area contributed by atoms with E-state index < -0.39 is 21.9 Å². The van der Waals surface area contributed by atoms with E-state index in [9.17, 15) is 18.3 Å². The monoisotopic (exact) mass is 349 g/mol. The first-order chi connectivity index (χ1) is 11.3. The molecule has 7 nitrogen and oxygen atoms in total. The van der Waals surface area contributed by atoms with Gasteiger partial charge in [0.15, 0.2) is 5.03 Å². The Kier molecular flexibility index (Phi) is 4.18. The lowest BCUT2D eigenvalue weighted by Gasteiger charge is -2.16. The van der Waals surface area contributed by atoms with E-state index in [0.29, 0.717) is 5.82 Å². The van der Waals surface area contributed by atoms with Crippen LogP contribution in [-0.2, 0) is 21.9 Å². The van der Waals surface area contributed by atoms with Crippen molar-refractivity contribution in [3.63, 3.8) is 0 Å². The minimum Gasteiger partial charge on any atom is -0.481 e. The zero-order valence-corrected chi connectivity index (χ0v) is 14.3. The number of hydrogen-bond donors (Lipinski definition) is 1. The maximum Gasteiger partial charge on any atom is 0.308 e. The van der Waals surface area contributed by atoms with Crippen molar-refractivity contribution in [2.24, 2.45) is 13.0 Å². The molecule has 1 aliphatic heterocycles. The Balaban J connectivity index is 1.96. The summed E-state index contributed by atoms with van der Waals surface area (Å²) in [5.41, 5.74) is 0.837. The lowest BCUT2D eigenvalue weighted by molar-refractivity contribution is -0.141. The van der Waals surface area contributed by atoms with Crippen molar-refractivity contribution in [2.45, 2.75) is 17.9 Å². The normalized spacial score (nSPS) is 21.9. The highest BCUT2D eigenvalue weighted by Gasteiger charge is 2.44. The molecule has 0 saturated carbocycles. The molecule has 2 aromatic rings. The molecular weight excluding hydrogens is 330 g/mol. The van der Waals surface area contributed by atoms with E-state index in [-0.39, 0.29) is 24.0 Å². The van der Waals surface area contributed by atoms with Crippen LogP contribution in [-0.4, -0.2) is 46.4 Å². The number of nitrogens with zero attached hydrogens (tertiary/aromatic N) is 3. The van der Waals surface area contributed by atoms with Gasteiger partial charge in [-0.15, -0.1) is 0 Å². The van der Waals surface area contributed by atoms with Crippen LogP contribution in [0.1, 0.15) is 17.3 Å². The van der Waals surface area contributed by atoms with Crippen LogP contribution in [0.4, 0.5) is 0 Å². The number of sulfonamides is 1. The van der Waals surface area contributed by atoms with E-state index in [1.165, 1.54) is 15.1 Å². The molecule has 1 fully saturated rings. The Bertz CT molecular complexity index is 861. The lowest BCUT2D eigenvalue weighted by Crippen LogP contribution is -2.31. The SMILES string of the molecule is Cc1ncc(S(=O)(=O)N2C[C@H](C(=O)O)[C@@H](c3ccccc3)C2)n1C. The topological polar surface area (TPSA) is 92.5 Å². The molecule has 1 aromatic carbocycles. The predicted octanol–water partition coefficient (Wildman–Crippen LogP) is 1.22. The molecule has 0 aliphatic carbocycles. The van der Waals surface area contributed by atoms with Gasteiger partial charge in [0, 0.05) is 26.1 Å². The van der Waals surface area contributed by atoms with Crippen LogP contribution in [0.25, 0.3) is 0 Å². The Morgan fingerprint density at radius 1 is 1.25 bits per heavy atom. The maximum atomic E-state index is 12.9. The standard InChI is InChI=1S/C16H19N3O4S/c1-11-17-8-15(18(11)2)24(22,23)19-9-13(14(10-19)16(20)21)12-6-4-3-5-7-12/h3-8,13-14H,9-10H2,1-2H3,(H,20,21)/t13-,14+/m1/s1. The van der Waals surface area contributed by atoms with Crippen LogP contribution >= 0.6 is 0 Å². The van der Waals surface area contributed by atoms with Crippen molar-refractivity contribution in [1.82, 2.24) is 13.9 Å². The van der Waals surface area contributed by atoms with Gasteiger partial charge < -0.3 is 9.67 Å². The summed E-state index contributed by atoms with van der Waals surface area (Å²) in [4.78, 5) is 15.7. The van der Waals surface area contributed by atoms with Crippen molar-refractivity contribution in [3.8, 4) is 0 Å². The second-order valence-corrected chi connectivity index (χ2v) is 7.87. The summed E-state index contributed by atoms with van der Waals surface area (Å²) in [6.45, 7) is 1.82. The fourth-order valence-corrected chi connectivity index (χ4v) is 4.75. The van der Waals surface area contributed by atoms with E-state index in [0.717, 1.165) is 5.56 Å². The molecule has 1 N–H and O–H groups in total. The molecule has 0 bridgehead atoms. The zero-order valence-electron chi connectivity index (χ0n) is 13.5. The van der Waals surface area contributed by atoms with E-state index in [4.69, 9.17) is 0 Å². The first-order valence-corrected chi connectivity index (χ1v) is 9.02. The van der Waals surface area contributed by atoms with Gasteiger partial charge in [0.2, 0.25) is 0 Å². The number of aryl methyl sites for hydroxylation is 1. The van der Waals surface area contributed by atoms with E-state index in [1.54, 1.807) is 14.0 Å². The molecular formula is C16H19N3O4S. The maximum absolute atomic E-state index is 12.9. The van der Waals surface area contributed by atoms with Crippen molar-refractivity contribution in [2.75, 3.05) is 13.1 Å². The smallest absolute Gasteiger partial charge is 0.308 e. The summed E-state index contributed by atoms with van der Waals surface area (Å²) in [5, 5.41) is 9.60. The first kappa shape index (κ1) is 16.7. The van der Waals surface area contributed by atoms with E-state index >= 15 is 0 Å². The fraction of sp³-hybridized carbons (Fsp3) is 0.375. The molecule has 0 spiro atoms. The van der Waals surface area contributed by atoms with Gasteiger partial charge in [-0.2, -0.15) is 4.31 Å². The second-order valence-electron chi connectivity index (χ2n) is 5.99. The van der Waals surface area contributed by atoms with E-state index in [2.05, 4.69) is 4.98 Å². The molecule has 0 radical (unpaired) electrons. The molecule has 2 atom stereocenters. The van der Waals surface area contributed by atoms with Gasteiger partial charge in [0.1, 0.15) is 5.82 Å². The van der Waals surface area contributed by atoms with Crippen LogP contribution in [0.15, 0.2) is 41.6 Å². The number of hydrogen-bond acceptors (Lipinski definition) is 4. The summed E-state index contributed by atoms with van der Waals surface area (Å²) >= 11 is 0. The number of aliphatic carboxylic acids is 1. The van der Waals surface area contributed by atoms with Gasteiger partial charge in [-0.05, 0) is 12.5 Å². The summed E-state index contributed by atoms with van der Waals surface area (Å²) in [6, 6.07) is 9.18. The van der Waals surface area contributed by atoms with Gasteiger partial charge in [0.05, 0.1) is 12.1 Å². The predicted molar refractivity (Wildman–Crippen MR) is 87.0 cm³/mol. The number of carboxylic acid groups (broad SMARTS) is 1. The average Bonchev–Trinajstić information content (AvgIpc) is 3.14. The highest BCUT2D eigenvalue weighted by atomic mass is 32.2. The largest absolute Gasteiger partial charge is 0.481 e. The number of carboxylic acids is 1. The molecule has 1 saturated heterocycles. The highest BCUT2D eigenvalue weighted by Crippen LogP contribution is 2.35. The van der Waals surface area contributed by atoms with Crippen LogP contribution in [0.3, 0.4) is 0 Å². The van der Waals surface area contributed by atoms with Gasteiger partial charge in [-0.1, -0.05) is 30.3 Å². The molecule has 3 rings (SSSR count). The Hall–Kier alpha value is -2.19. The number of aromatic nitrogens is 2. The van der Waals surface area contributed by atoms with Crippen molar-refractivity contribution < 1.29 is 18.3 Å². The average molecular weight is 349 g/mol. The molecule has 1 aliphatic rings. The molecule has 24 heavy (non-hydrogen) atoms. The van der Waals surface area contributed by atoms with Gasteiger partial charge in [-0.25, -0.2) is 13.4 Å². The molecule has 0 unspecified atom stereocenters. The molecule has 0 amide bonds. The summed E-state index contributed by atoms with van der Waals surface area (Å²) in [7, 11) is -2.15. The molecule has 128 valence electrons. The Morgan fingerprint density at radius 3 is 2.46 bits per heavy atom. The first-order valence-electron chi connectivity index (χ1n) is 7.58. The second kappa shape index (κ2) is 6.03. The summed E-state index contributed by atoms with van der Waals surface area (Å²) in [5.74, 6) is -1.53. The summed E-state index contributed by atoms with van der Waals surface area (Å²) in [6.07, 6.45) is 1.32. The van der Waals surface area contributed by atoms with Crippen molar-refractivity contribution in [1.29, 1.82) is 0 Å². The highest BCUT2D eigenvalue weighted by molar-refractivity contribution is 7.89. The van der Waals surface area contributed by atoms with E-state index in [1.807, 2.05) is 30.3 Å². The van der Waals surface area contributed by atoms with Crippen LogP contribution in [0.5, 0.6) is 0 Å². The zero-order chi connectivity index (χ0) is 17.5. The number of carbonyl (C=O) groups is 1. The quantitative estimate of drug-likeness (QED) is 0.896. The molecule has 2 heterocycles. The van der Waals surface area contributed by atoms with Crippen molar-refractivity contribution in [3.05, 3.63) is 47.9 Å². The van der Waals surface area contributed by atoms with Gasteiger partial charge in [-0.3, -0.25) is 4.79 Å². The van der Waals surface area contributed by atoms with Crippen LogP contribution < -0.4 is 0 Å². The third kappa shape index (κ3) is 2.71. The van der Waals surface area contributed by atoms with Crippen molar-refractivity contribution >= 4 is 16.0 Å². The number of benzene rings is 1. The van der Waals surface area contributed by atoms with Crippen LogP contribution in [0, 0.1) is 12.8 Å². The third-order valence-corrected chi connectivity index (χ3v) is 6.50. The minimum atomic E-state index is -3.79. The summed E-state index contributed by atoms with van der Waals surface area (Å²) < 4.78 is 28.5. The molecule has 1 aromatic heterocycles. The van der Waals surface area contributed by atoms with Crippen LogP contribution in [0.2, 0.25) is 0 Å². The molecule has 8 heteroatoms. The lowest BCUT2D eigenvalue weighted by atomic mass is 9.89. The van der Waals surface area contributed by atoms with Gasteiger partial charge >= 0.3 is 5.97 Å². The fourth-order valence-electron chi connectivity index (χ4n) is 3.11. The Morgan fingerprint density at radius 2 is 1.92 bits per heavy atom.